The molecule has 1 saturated carbocycles. The number of carbonyl (C=O) groups is 3. The Morgan fingerprint density at radius 2 is 1.69 bits per heavy atom. The monoisotopic (exact) mass is 418 g/mol. The third kappa shape index (κ3) is 3.26. The van der Waals surface area contributed by atoms with Crippen molar-refractivity contribution < 1.29 is 19.1 Å². The Kier molecular flexibility index (Phi) is 5.37. The lowest BCUT2D eigenvalue weighted by atomic mass is 9.81. The van der Waals surface area contributed by atoms with Crippen LogP contribution in [0.1, 0.15) is 32.1 Å². The first-order valence-electron chi connectivity index (χ1n) is 8.21. The maximum absolute atomic E-state index is 12.9. The molecule has 0 aromatic heterocycles. The fourth-order valence-electron chi connectivity index (χ4n) is 3.57. The van der Waals surface area contributed by atoms with Crippen LogP contribution in [-0.2, 0) is 9.59 Å². The first kappa shape index (κ1) is 19.3. The molecular formula is C17H17Cl3N2O4. The average molecular weight is 420 g/mol. The highest BCUT2D eigenvalue weighted by atomic mass is 35.5. The summed E-state index contributed by atoms with van der Waals surface area (Å²) in [5, 5.41) is 0.428. The van der Waals surface area contributed by atoms with Crippen molar-refractivity contribution in [3.63, 3.8) is 0 Å². The van der Waals surface area contributed by atoms with Gasteiger partial charge in [-0.1, -0.05) is 54.1 Å². The molecule has 1 saturated heterocycles. The Morgan fingerprint density at radius 1 is 1.12 bits per heavy atom. The van der Waals surface area contributed by atoms with Gasteiger partial charge >= 0.3 is 12.0 Å². The third-order valence-electron chi connectivity index (χ3n) is 4.95. The zero-order valence-electron chi connectivity index (χ0n) is 14.1. The van der Waals surface area contributed by atoms with E-state index in [1.807, 2.05) is 0 Å². The minimum absolute atomic E-state index is 0.0532. The quantitative estimate of drug-likeness (QED) is 0.419. The summed E-state index contributed by atoms with van der Waals surface area (Å²) in [6.45, 7) is -0.501. The summed E-state index contributed by atoms with van der Waals surface area (Å²) in [6.07, 6.45) is 3.99. The highest BCUT2D eigenvalue weighted by molar-refractivity contribution is 6.40. The first-order valence-corrected chi connectivity index (χ1v) is 9.34. The van der Waals surface area contributed by atoms with Crippen LogP contribution in [0, 0.1) is 0 Å². The smallest absolute Gasteiger partial charge is 0.331 e. The number of imide groups is 1. The van der Waals surface area contributed by atoms with E-state index >= 15 is 0 Å². The highest BCUT2D eigenvalue weighted by Gasteiger charge is 2.56. The van der Waals surface area contributed by atoms with Crippen LogP contribution >= 0.6 is 34.8 Å². The number of ether oxygens (including phenoxy) is 1. The van der Waals surface area contributed by atoms with Gasteiger partial charge in [-0.05, 0) is 25.0 Å². The van der Waals surface area contributed by atoms with E-state index in [2.05, 4.69) is 0 Å². The molecule has 9 heteroatoms. The number of amides is 3. The molecule has 1 aliphatic heterocycles. The molecular weight excluding hydrogens is 403 g/mol. The number of halogens is 3. The number of carbonyl (C=O) groups excluding carboxylic acids is 3. The van der Waals surface area contributed by atoms with Crippen LogP contribution in [0.25, 0.3) is 0 Å². The van der Waals surface area contributed by atoms with Crippen molar-refractivity contribution in [2.75, 3.05) is 13.6 Å². The van der Waals surface area contributed by atoms with Crippen LogP contribution in [-0.4, -0.2) is 46.8 Å². The fourth-order valence-corrected chi connectivity index (χ4v) is 4.47. The van der Waals surface area contributed by atoms with Gasteiger partial charge < -0.3 is 9.64 Å². The van der Waals surface area contributed by atoms with E-state index in [1.165, 1.54) is 17.0 Å². The van der Waals surface area contributed by atoms with Gasteiger partial charge in [0.15, 0.2) is 5.75 Å². The number of hydrogen-bond acceptors (Lipinski definition) is 4. The molecule has 1 spiro atoms. The van der Waals surface area contributed by atoms with Crippen molar-refractivity contribution in [2.24, 2.45) is 0 Å². The minimum Gasteiger partial charge on any atom is -0.422 e. The maximum Gasteiger partial charge on any atom is 0.331 e. The van der Waals surface area contributed by atoms with Crippen molar-refractivity contribution >= 4 is 52.7 Å². The molecule has 0 unspecified atom stereocenters. The molecule has 0 N–H and O–H groups in total. The number of nitrogens with zero attached hydrogens (tertiary/aromatic N) is 2. The van der Waals surface area contributed by atoms with Gasteiger partial charge in [-0.3, -0.25) is 9.69 Å². The van der Waals surface area contributed by atoms with Crippen molar-refractivity contribution in [1.82, 2.24) is 9.80 Å². The third-order valence-corrected chi connectivity index (χ3v) is 5.73. The number of esters is 1. The predicted octanol–water partition coefficient (Wildman–Crippen LogP) is 4.15. The number of hydrogen-bond donors (Lipinski definition) is 0. The molecule has 0 atom stereocenters. The zero-order valence-corrected chi connectivity index (χ0v) is 16.3. The normalized spacial score (nSPS) is 19.4. The summed E-state index contributed by atoms with van der Waals surface area (Å²) >= 11 is 17.8. The number of benzene rings is 1. The molecule has 26 heavy (non-hydrogen) atoms. The average Bonchev–Trinajstić information content (AvgIpc) is 2.75. The van der Waals surface area contributed by atoms with Crippen LogP contribution in [0.4, 0.5) is 4.79 Å². The summed E-state index contributed by atoms with van der Waals surface area (Å²) in [6, 6.07) is 2.27. The van der Waals surface area contributed by atoms with Crippen molar-refractivity contribution in [3.8, 4) is 5.75 Å². The van der Waals surface area contributed by atoms with Gasteiger partial charge in [0.2, 0.25) is 0 Å². The van der Waals surface area contributed by atoms with Crippen LogP contribution in [0.15, 0.2) is 12.1 Å². The van der Waals surface area contributed by atoms with E-state index in [-0.39, 0.29) is 21.7 Å². The van der Waals surface area contributed by atoms with Crippen LogP contribution in [0.3, 0.4) is 0 Å². The molecule has 1 aromatic rings. The molecule has 0 bridgehead atoms. The summed E-state index contributed by atoms with van der Waals surface area (Å²) in [5.41, 5.74) is -0.842. The van der Waals surface area contributed by atoms with Crippen molar-refractivity contribution in [1.29, 1.82) is 0 Å². The Labute approximate surface area is 165 Å². The maximum atomic E-state index is 12.9. The highest BCUT2D eigenvalue weighted by Crippen LogP contribution is 2.40. The van der Waals surface area contributed by atoms with Gasteiger partial charge in [-0.15, -0.1) is 0 Å². The summed E-state index contributed by atoms with van der Waals surface area (Å²) in [7, 11) is 1.60. The van der Waals surface area contributed by atoms with Crippen molar-refractivity contribution in [3.05, 3.63) is 27.2 Å². The lowest BCUT2D eigenvalue weighted by Gasteiger charge is -2.35. The topological polar surface area (TPSA) is 66.9 Å². The summed E-state index contributed by atoms with van der Waals surface area (Å²) in [5.74, 6) is -1.21. The molecule has 140 valence electrons. The van der Waals surface area contributed by atoms with Gasteiger partial charge in [0.05, 0.1) is 10.0 Å². The van der Waals surface area contributed by atoms with E-state index in [4.69, 9.17) is 39.5 Å². The van der Waals surface area contributed by atoms with Gasteiger partial charge in [0.1, 0.15) is 12.1 Å². The predicted molar refractivity (Wildman–Crippen MR) is 97.8 cm³/mol. The molecule has 1 aromatic carbocycles. The Hall–Kier alpha value is -1.50. The first-order chi connectivity index (χ1) is 12.3. The zero-order chi connectivity index (χ0) is 19.1. The van der Waals surface area contributed by atoms with Crippen molar-refractivity contribution in [2.45, 2.75) is 37.6 Å². The number of rotatable bonds is 3. The Balaban J connectivity index is 1.75. The number of likely N-dealkylation sites (N-methyl/N-ethyl adjacent to an activating group) is 1. The summed E-state index contributed by atoms with van der Waals surface area (Å²) < 4.78 is 5.17. The SMILES string of the molecule is CN1C(=O)N(CC(=O)Oc2c(Cl)cc(Cl)cc2Cl)C(=O)C12CCCCC2. The standard InChI is InChI=1S/C17H17Cl3N2O4/c1-21-16(25)22(15(24)17(21)5-3-2-4-6-17)9-13(23)26-14-11(19)7-10(18)8-12(14)20/h7-8H,2-6,9H2,1H3. The molecule has 3 rings (SSSR count). The Bertz CT molecular complexity index is 754. The summed E-state index contributed by atoms with van der Waals surface area (Å²) in [4.78, 5) is 40.0. The van der Waals surface area contributed by atoms with Crippen LogP contribution < -0.4 is 4.74 Å². The second-order valence-electron chi connectivity index (χ2n) is 6.50. The Morgan fingerprint density at radius 3 is 2.27 bits per heavy atom. The molecule has 2 aliphatic rings. The van der Waals surface area contributed by atoms with Crippen LogP contribution in [0.5, 0.6) is 5.75 Å². The number of urea groups is 1. The fraction of sp³-hybridized carbons (Fsp3) is 0.471. The lowest BCUT2D eigenvalue weighted by Crippen LogP contribution is -2.49. The van der Waals surface area contributed by atoms with Gasteiger partial charge in [-0.25, -0.2) is 9.59 Å². The second-order valence-corrected chi connectivity index (χ2v) is 7.75. The van der Waals surface area contributed by atoms with E-state index in [0.29, 0.717) is 17.9 Å². The van der Waals surface area contributed by atoms with E-state index in [9.17, 15) is 14.4 Å². The molecule has 0 radical (unpaired) electrons. The molecule has 3 amide bonds. The molecule has 2 fully saturated rings. The molecule has 6 nitrogen and oxygen atoms in total. The lowest BCUT2D eigenvalue weighted by molar-refractivity contribution is -0.142. The van der Waals surface area contributed by atoms with Gasteiger partial charge in [0.25, 0.3) is 5.91 Å². The van der Waals surface area contributed by atoms with E-state index in [1.54, 1.807) is 7.05 Å². The molecule has 1 aliphatic carbocycles. The largest absolute Gasteiger partial charge is 0.422 e. The van der Waals surface area contributed by atoms with Gasteiger partial charge in [-0.2, -0.15) is 0 Å². The minimum atomic E-state index is -0.842. The van der Waals surface area contributed by atoms with E-state index in [0.717, 1.165) is 24.2 Å². The second kappa shape index (κ2) is 7.25. The molecule has 1 heterocycles. The van der Waals surface area contributed by atoms with E-state index < -0.39 is 24.1 Å². The van der Waals surface area contributed by atoms with Gasteiger partial charge in [0, 0.05) is 12.1 Å². The van der Waals surface area contributed by atoms with Crippen LogP contribution in [0.2, 0.25) is 15.1 Å².